The van der Waals surface area contributed by atoms with Crippen LogP contribution in [0.4, 0.5) is 0 Å². The zero-order chi connectivity index (χ0) is 13.8. The molecule has 98 valence electrons. The van der Waals surface area contributed by atoms with Gasteiger partial charge in [-0.3, -0.25) is 14.8 Å². The van der Waals surface area contributed by atoms with Gasteiger partial charge in [0.1, 0.15) is 17.7 Å². The van der Waals surface area contributed by atoms with E-state index in [4.69, 9.17) is 0 Å². The Morgan fingerprint density at radius 1 is 1.16 bits per heavy atom. The van der Waals surface area contributed by atoms with Crippen molar-refractivity contribution >= 4 is 5.91 Å². The SMILES string of the molecule is CNC(=O)c1cc(-c2nccnc2C(C)C)ncn1. The molecule has 0 radical (unpaired) electrons. The summed E-state index contributed by atoms with van der Waals surface area (Å²) >= 11 is 0. The van der Waals surface area contributed by atoms with Crippen molar-refractivity contribution in [2.24, 2.45) is 0 Å². The molecule has 0 aliphatic carbocycles. The molecule has 6 heteroatoms. The maximum absolute atomic E-state index is 11.6. The molecule has 6 nitrogen and oxygen atoms in total. The van der Waals surface area contributed by atoms with Crippen LogP contribution in [0.25, 0.3) is 11.4 Å². The van der Waals surface area contributed by atoms with Crippen LogP contribution in [0.5, 0.6) is 0 Å². The number of nitrogens with one attached hydrogen (secondary N) is 1. The van der Waals surface area contributed by atoms with E-state index in [-0.39, 0.29) is 11.8 Å². The maximum atomic E-state index is 11.6. The van der Waals surface area contributed by atoms with E-state index in [0.29, 0.717) is 17.1 Å². The molecule has 0 saturated heterocycles. The van der Waals surface area contributed by atoms with Gasteiger partial charge < -0.3 is 5.32 Å². The molecule has 0 aromatic carbocycles. The summed E-state index contributed by atoms with van der Waals surface area (Å²) in [6.45, 7) is 4.07. The molecular formula is C13H15N5O. The Morgan fingerprint density at radius 3 is 2.58 bits per heavy atom. The Balaban J connectivity index is 2.51. The summed E-state index contributed by atoms with van der Waals surface area (Å²) in [5, 5.41) is 2.53. The zero-order valence-corrected chi connectivity index (χ0v) is 11.1. The monoisotopic (exact) mass is 257 g/mol. The van der Waals surface area contributed by atoms with E-state index >= 15 is 0 Å². The molecule has 0 aliphatic rings. The fraction of sp³-hybridized carbons (Fsp3) is 0.308. The summed E-state index contributed by atoms with van der Waals surface area (Å²) < 4.78 is 0. The lowest BCUT2D eigenvalue weighted by Crippen LogP contribution is -2.19. The van der Waals surface area contributed by atoms with Crippen molar-refractivity contribution in [3.8, 4) is 11.4 Å². The molecule has 0 saturated carbocycles. The first-order valence-electron chi connectivity index (χ1n) is 5.99. The van der Waals surface area contributed by atoms with Crippen molar-refractivity contribution in [1.82, 2.24) is 25.3 Å². The third-order valence-corrected chi connectivity index (χ3v) is 2.64. The first kappa shape index (κ1) is 13.1. The number of carbonyl (C=O) groups excluding carboxylic acids is 1. The number of carbonyl (C=O) groups is 1. The van der Waals surface area contributed by atoms with Crippen LogP contribution in [0.1, 0.15) is 35.9 Å². The first-order chi connectivity index (χ1) is 9.13. The van der Waals surface area contributed by atoms with Crippen molar-refractivity contribution < 1.29 is 4.79 Å². The van der Waals surface area contributed by atoms with Crippen LogP contribution in [-0.4, -0.2) is 32.9 Å². The highest BCUT2D eigenvalue weighted by Gasteiger charge is 2.14. The fourth-order valence-electron chi connectivity index (χ4n) is 1.71. The lowest BCUT2D eigenvalue weighted by atomic mass is 10.1. The summed E-state index contributed by atoms with van der Waals surface area (Å²) in [6.07, 6.45) is 4.63. The van der Waals surface area contributed by atoms with E-state index in [0.717, 1.165) is 5.69 Å². The average molecular weight is 257 g/mol. The van der Waals surface area contributed by atoms with Crippen molar-refractivity contribution in [2.75, 3.05) is 7.05 Å². The molecule has 1 amide bonds. The second kappa shape index (κ2) is 5.51. The van der Waals surface area contributed by atoms with Crippen LogP contribution in [0.3, 0.4) is 0 Å². The van der Waals surface area contributed by atoms with Gasteiger partial charge in [0, 0.05) is 19.4 Å². The number of nitrogens with zero attached hydrogens (tertiary/aromatic N) is 4. The van der Waals surface area contributed by atoms with E-state index in [1.807, 2.05) is 13.8 Å². The van der Waals surface area contributed by atoms with Gasteiger partial charge in [0.25, 0.3) is 5.91 Å². The number of hydrogen-bond donors (Lipinski definition) is 1. The van der Waals surface area contributed by atoms with Crippen LogP contribution < -0.4 is 5.32 Å². The summed E-state index contributed by atoms with van der Waals surface area (Å²) in [7, 11) is 1.56. The summed E-state index contributed by atoms with van der Waals surface area (Å²) in [4.78, 5) is 28.3. The predicted molar refractivity (Wildman–Crippen MR) is 70.5 cm³/mol. The van der Waals surface area contributed by atoms with Crippen molar-refractivity contribution in [2.45, 2.75) is 19.8 Å². The van der Waals surface area contributed by atoms with Crippen molar-refractivity contribution in [3.63, 3.8) is 0 Å². The van der Waals surface area contributed by atoms with E-state index in [9.17, 15) is 4.79 Å². The minimum Gasteiger partial charge on any atom is -0.354 e. The first-order valence-corrected chi connectivity index (χ1v) is 5.99. The summed E-state index contributed by atoms with van der Waals surface area (Å²) in [5.74, 6) is -0.0271. The third kappa shape index (κ3) is 2.73. The maximum Gasteiger partial charge on any atom is 0.269 e. The van der Waals surface area contributed by atoms with Crippen molar-refractivity contribution in [3.05, 3.63) is 36.2 Å². The van der Waals surface area contributed by atoms with Crippen LogP contribution >= 0.6 is 0 Å². The van der Waals surface area contributed by atoms with Gasteiger partial charge in [0.05, 0.1) is 11.4 Å². The van der Waals surface area contributed by atoms with Crippen LogP contribution in [0.15, 0.2) is 24.8 Å². The second-order valence-electron chi connectivity index (χ2n) is 4.31. The molecule has 2 aromatic heterocycles. The molecule has 19 heavy (non-hydrogen) atoms. The molecule has 1 N–H and O–H groups in total. The Labute approximate surface area is 111 Å². The van der Waals surface area contributed by atoms with E-state index < -0.39 is 0 Å². The van der Waals surface area contributed by atoms with E-state index in [1.165, 1.54) is 6.33 Å². The molecule has 0 unspecified atom stereocenters. The molecule has 0 bridgehead atoms. The second-order valence-corrected chi connectivity index (χ2v) is 4.31. The number of hydrogen-bond acceptors (Lipinski definition) is 5. The predicted octanol–water partition coefficient (Wildman–Crippen LogP) is 1.42. The van der Waals surface area contributed by atoms with E-state index in [2.05, 4.69) is 25.3 Å². The highest BCUT2D eigenvalue weighted by Crippen LogP contribution is 2.23. The molecule has 0 atom stereocenters. The molecule has 2 aromatic rings. The van der Waals surface area contributed by atoms with Gasteiger partial charge in [-0.1, -0.05) is 13.8 Å². The molecule has 0 aliphatic heterocycles. The topological polar surface area (TPSA) is 80.7 Å². The van der Waals surface area contributed by atoms with Gasteiger partial charge in [-0.15, -0.1) is 0 Å². The Bertz CT molecular complexity index is 597. The highest BCUT2D eigenvalue weighted by molar-refractivity contribution is 5.92. The highest BCUT2D eigenvalue weighted by atomic mass is 16.1. The average Bonchev–Trinajstić information content (AvgIpc) is 2.46. The third-order valence-electron chi connectivity index (χ3n) is 2.64. The van der Waals surface area contributed by atoms with Gasteiger partial charge in [-0.2, -0.15) is 0 Å². The molecule has 2 heterocycles. The van der Waals surface area contributed by atoms with Gasteiger partial charge in [0.2, 0.25) is 0 Å². The summed E-state index contributed by atoms with van der Waals surface area (Å²) in [6, 6.07) is 1.62. The smallest absolute Gasteiger partial charge is 0.269 e. The standard InChI is InChI=1S/C13H15N5O/c1-8(2)11-12(16-5-4-15-11)9-6-10(13(19)14-3)18-7-17-9/h4-8H,1-3H3,(H,14,19). The van der Waals surface area contributed by atoms with Crippen LogP contribution in [-0.2, 0) is 0 Å². The lowest BCUT2D eigenvalue weighted by Gasteiger charge is -2.09. The number of rotatable bonds is 3. The van der Waals surface area contributed by atoms with Crippen molar-refractivity contribution in [1.29, 1.82) is 0 Å². The molecule has 0 spiro atoms. The molecular weight excluding hydrogens is 242 g/mol. The number of aromatic nitrogens is 4. The quantitative estimate of drug-likeness (QED) is 0.899. The molecule has 2 rings (SSSR count). The summed E-state index contributed by atoms with van der Waals surface area (Å²) in [5.41, 5.74) is 2.45. The van der Waals surface area contributed by atoms with E-state index in [1.54, 1.807) is 25.5 Å². The fourth-order valence-corrected chi connectivity index (χ4v) is 1.71. The van der Waals surface area contributed by atoms with Gasteiger partial charge in [0.15, 0.2) is 0 Å². The minimum absolute atomic E-state index is 0.224. The van der Waals surface area contributed by atoms with Crippen LogP contribution in [0, 0.1) is 0 Å². The van der Waals surface area contributed by atoms with Gasteiger partial charge in [-0.05, 0) is 12.0 Å². The number of amides is 1. The Kier molecular flexibility index (Phi) is 3.79. The Hall–Kier alpha value is -2.37. The lowest BCUT2D eigenvalue weighted by molar-refractivity contribution is 0.0958. The Morgan fingerprint density at radius 2 is 1.89 bits per heavy atom. The normalized spacial score (nSPS) is 10.5. The van der Waals surface area contributed by atoms with Gasteiger partial charge in [-0.25, -0.2) is 9.97 Å². The minimum atomic E-state index is -0.251. The largest absolute Gasteiger partial charge is 0.354 e. The van der Waals surface area contributed by atoms with Crippen LogP contribution in [0.2, 0.25) is 0 Å². The zero-order valence-electron chi connectivity index (χ0n) is 11.1. The van der Waals surface area contributed by atoms with Gasteiger partial charge >= 0.3 is 0 Å². The molecule has 0 fully saturated rings.